The van der Waals surface area contributed by atoms with E-state index in [1.54, 1.807) is 11.3 Å². The number of nitrogens with zero attached hydrogens (tertiary/aromatic N) is 2. The molecule has 1 fully saturated rings. The third kappa shape index (κ3) is 2.45. The van der Waals surface area contributed by atoms with Crippen LogP contribution < -0.4 is 5.32 Å². The molecule has 0 aromatic carbocycles. The molecule has 0 radical (unpaired) electrons. The molecule has 1 N–H and O–H groups in total. The van der Waals surface area contributed by atoms with Crippen LogP contribution in [-0.2, 0) is 17.6 Å². The molecule has 2 aliphatic rings. The number of carbonyl (C=O) groups is 1. The first-order chi connectivity index (χ1) is 9.73. The SMILES string of the molecule is N#CC1(C(=O)Nc2nc3c(s2)CCCC3)CCCCC1. The Hall–Kier alpha value is -1.41. The zero-order chi connectivity index (χ0) is 14.0. The molecular formula is C15H19N3OS. The van der Waals surface area contributed by atoms with E-state index in [-0.39, 0.29) is 5.91 Å². The number of nitriles is 1. The first kappa shape index (κ1) is 13.6. The average molecular weight is 289 g/mol. The van der Waals surface area contributed by atoms with Crippen molar-refractivity contribution in [3.05, 3.63) is 10.6 Å². The number of fused-ring (bicyclic) bond motifs is 1. The maximum Gasteiger partial charge on any atom is 0.246 e. The van der Waals surface area contributed by atoms with Crippen LogP contribution in [0.1, 0.15) is 55.5 Å². The Labute approximate surface area is 123 Å². The molecule has 0 spiro atoms. The zero-order valence-corrected chi connectivity index (χ0v) is 12.4. The summed E-state index contributed by atoms with van der Waals surface area (Å²) in [6.07, 6.45) is 8.92. The van der Waals surface area contributed by atoms with Crippen molar-refractivity contribution in [3.63, 3.8) is 0 Å². The van der Waals surface area contributed by atoms with Crippen molar-refractivity contribution < 1.29 is 4.79 Å². The lowest BCUT2D eigenvalue weighted by molar-refractivity contribution is -0.124. The largest absolute Gasteiger partial charge is 0.301 e. The third-order valence-electron chi connectivity index (χ3n) is 4.42. The topological polar surface area (TPSA) is 65.8 Å². The zero-order valence-electron chi connectivity index (χ0n) is 11.6. The Kier molecular flexibility index (Phi) is 3.75. The van der Waals surface area contributed by atoms with Gasteiger partial charge in [0.25, 0.3) is 0 Å². The van der Waals surface area contributed by atoms with Crippen LogP contribution in [0.25, 0.3) is 0 Å². The molecule has 1 aromatic heterocycles. The van der Waals surface area contributed by atoms with Gasteiger partial charge in [-0.3, -0.25) is 4.79 Å². The van der Waals surface area contributed by atoms with Gasteiger partial charge in [-0.25, -0.2) is 4.98 Å². The Morgan fingerprint density at radius 2 is 1.95 bits per heavy atom. The second-order valence-electron chi connectivity index (χ2n) is 5.80. The molecule has 5 heteroatoms. The Morgan fingerprint density at radius 3 is 2.65 bits per heavy atom. The number of thiazole rings is 1. The number of aryl methyl sites for hydroxylation is 2. The van der Waals surface area contributed by atoms with E-state index in [1.165, 1.54) is 17.7 Å². The van der Waals surface area contributed by atoms with Crippen LogP contribution in [0.3, 0.4) is 0 Å². The smallest absolute Gasteiger partial charge is 0.246 e. The van der Waals surface area contributed by atoms with Crippen LogP contribution in [0, 0.1) is 16.7 Å². The molecule has 0 atom stereocenters. The fraction of sp³-hybridized carbons (Fsp3) is 0.667. The number of hydrogen-bond acceptors (Lipinski definition) is 4. The summed E-state index contributed by atoms with van der Waals surface area (Å²) in [5.74, 6) is -0.147. The number of carbonyl (C=O) groups excluding carboxylic acids is 1. The molecule has 1 heterocycles. The van der Waals surface area contributed by atoms with E-state index in [9.17, 15) is 10.1 Å². The molecular weight excluding hydrogens is 270 g/mol. The lowest BCUT2D eigenvalue weighted by Gasteiger charge is -2.28. The third-order valence-corrected chi connectivity index (χ3v) is 5.49. The molecule has 20 heavy (non-hydrogen) atoms. The van der Waals surface area contributed by atoms with Gasteiger partial charge in [0.1, 0.15) is 5.41 Å². The van der Waals surface area contributed by atoms with Gasteiger partial charge in [0.2, 0.25) is 5.91 Å². The summed E-state index contributed by atoms with van der Waals surface area (Å²) in [7, 11) is 0. The van der Waals surface area contributed by atoms with E-state index in [1.807, 2.05) is 0 Å². The monoisotopic (exact) mass is 289 g/mol. The summed E-state index contributed by atoms with van der Waals surface area (Å²) in [5.41, 5.74) is 0.316. The van der Waals surface area contributed by atoms with Crippen molar-refractivity contribution >= 4 is 22.4 Å². The summed E-state index contributed by atoms with van der Waals surface area (Å²) in [5, 5.41) is 13.0. The van der Waals surface area contributed by atoms with E-state index in [0.717, 1.165) is 37.8 Å². The van der Waals surface area contributed by atoms with Gasteiger partial charge in [-0.05, 0) is 38.5 Å². The van der Waals surface area contributed by atoms with E-state index >= 15 is 0 Å². The van der Waals surface area contributed by atoms with E-state index in [2.05, 4.69) is 16.4 Å². The van der Waals surface area contributed by atoms with Crippen LogP contribution in [-0.4, -0.2) is 10.9 Å². The molecule has 0 saturated heterocycles. The summed E-state index contributed by atoms with van der Waals surface area (Å²) >= 11 is 1.58. The molecule has 106 valence electrons. The Balaban J connectivity index is 1.75. The minimum absolute atomic E-state index is 0.147. The highest BCUT2D eigenvalue weighted by Crippen LogP contribution is 2.37. The second-order valence-corrected chi connectivity index (χ2v) is 6.89. The standard InChI is InChI=1S/C15H19N3OS/c16-10-15(8-4-1-5-9-15)13(19)18-14-17-11-6-2-3-7-12(11)20-14/h1-9H2,(H,17,18,19). The molecule has 1 amide bonds. The van der Waals surface area contributed by atoms with Gasteiger partial charge in [0.05, 0.1) is 11.8 Å². The quantitative estimate of drug-likeness (QED) is 0.907. The van der Waals surface area contributed by atoms with Crippen molar-refractivity contribution in [2.45, 2.75) is 57.8 Å². The van der Waals surface area contributed by atoms with Gasteiger partial charge in [-0.1, -0.05) is 19.3 Å². The van der Waals surface area contributed by atoms with Crippen molar-refractivity contribution in [1.29, 1.82) is 5.26 Å². The summed E-state index contributed by atoms with van der Waals surface area (Å²) in [6.45, 7) is 0. The van der Waals surface area contributed by atoms with Crippen molar-refractivity contribution in [1.82, 2.24) is 4.98 Å². The maximum atomic E-state index is 12.5. The number of amides is 1. The molecule has 0 aliphatic heterocycles. The number of anilines is 1. The first-order valence-electron chi connectivity index (χ1n) is 7.45. The molecule has 2 aliphatic carbocycles. The fourth-order valence-electron chi connectivity index (χ4n) is 3.17. The normalized spacial score (nSPS) is 20.8. The number of hydrogen-bond donors (Lipinski definition) is 1. The van der Waals surface area contributed by atoms with Crippen LogP contribution in [0.5, 0.6) is 0 Å². The lowest BCUT2D eigenvalue weighted by Crippen LogP contribution is -2.36. The Bertz CT molecular complexity index is 528. The van der Waals surface area contributed by atoms with Crippen LogP contribution in [0.4, 0.5) is 5.13 Å². The minimum Gasteiger partial charge on any atom is -0.301 e. The van der Waals surface area contributed by atoms with Crippen molar-refractivity contribution in [3.8, 4) is 6.07 Å². The Morgan fingerprint density at radius 1 is 1.20 bits per heavy atom. The predicted octanol–water partition coefficient (Wildman–Crippen LogP) is 3.43. The summed E-state index contributed by atoms with van der Waals surface area (Å²) in [4.78, 5) is 18.3. The van der Waals surface area contributed by atoms with E-state index in [0.29, 0.717) is 18.0 Å². The predicted molar refractivity (Wildman–Crippen MR) is 78.5 cm³/mol. The summed E-state index contributed by atoms with van der Waals surface area (Å²) < 4.78 is 0. The van der Waals surface area contributed by atoms with Crippen LogP contribution in [0.15, 0.2) is 0 Å². The number of aromatic nitrogens is 1. The lowest BCUT2D eigenvalue weighted by atomic mass is 9.74. The van der Waals surface area contributed by atoms with Gasteiger partial charge < -0.3 is 5.32 Å². The maximum absolute atomic E-state index is 12.5. The highest BCUT2D eigenvalue weighted by Gasteiger charge is 2.40. The van der Waals surface area contributed by atoms with E-state index < -0.39 is 5.41 Å². The van der Waals surface area contributed by atoms with Gasteiger partial charge >= 0.3 is 0 Å². The van der Waals surface area contributed by atoms with Gasteiger partial charge in [-0.15, -0.1) is 11.3 Å². The molecule has 0 unspecified atom stereocenters. The first-order valence-corrected chi connectivity index (χ1v) is 8.26. The molecule has 1 aromatic rings. The molecule has 3 rings (SSSR count). The summed E-state index contributed by atoms with van der Waals surface area (Å²) in [6, 6.07) is 2.26. The highest BCUT2D eigenvalue weighted by molar-refractivity contribution is 7.15. The number of nitrogens with one attached hydrogen (secondary N) is 1. The fourth-order valence-corrected chi connectivity index (χ4v) is 4.21. The van der Waals surface area contributed by atoms with Crippen LogP contribution in [0.2, 0.25) is 0 Å². The molecule has 1 saturated carbocycles. The van der Waals surface area contributed by atoms with Crippen molar-refractivity contribution in [2.24, 2.45) is 5.41 Å². The number of rotatable bonds is 2. The van der Waals surface area contributed by atoms with Crippen LogP contribution >= 0.6 is 11.3 Å². The van der Waals surface area contributed by atoms with Gasteiger partial charge in [0, 0.05) is 4.88 Å². The van der Waals surface area contributed by atoms with E-state index in [4.69, 9.17) is 0 Å². The molecule has 0 bridgehead atoms. The highest BCUT2D eigenvalue weighted by atomic mass is 32.1. The molecule has 4 nitrogen and oxygen atoms in total. The minimum atomic E-state index is -0.829. The van der Waals surface area contributed by atoms with Gasteiger partial charge in [0.15, 0.2) is 5.13 Å². The average Bonchev–Trinajstić information content (AvgIpc) is 2.90. The van der Waals surface area contributed by atoms with Crippen molar-refractivity contribution in [2.75, 3.05) is 5.32 Å². The van der Waals surface area contributed by atoms with Gasteiger partial charge in [-0.2, -0.15) is 5.26 Å². The second kappa shape index (κ2) is 5.53.